The van der Waals surface area contributed by atoms with Crippen LogP contribution in [0.25, 0.3) is 0 Å². The van der Waals surface area contributed by atoms with E-state index >= 15 is 0 Å². The molecule has 2 rings (SSSR count). The summed E-state index contributed by atoms with van der Waals surface area (Å²) in [6, 6.07) is 0.342. The summed E-state index contributed by atoms with van der Waals surface area (Å²) in [6.07, 6.45) is 4.85. The molecule has 0 radical (unpaired) electrons. The van der Waals surface area contributed by atoms with Crippen LogP contribution in [0, 0.1) is 5.92 Å². The van der Waals surface area contributed by atoms with Gasteiger partial charge in [-0.05, 0) is 38.5 Å². The average molecular weight is 314 g/mol. The second-order valence-corrected chi connectivity index (χ2v) is 8.01. The first-order valence-electron chi connectivity index (χ1n) is 8.35. The molecule has 2 saturated heterocycles. The Hall–Kier alpha value is -0.420. The van der Waals surface area contributed by atoms with E-state index < -0.39 is 0 Å². The van der Waals surface area contributed by atoms with E-state index in [9.17, 15) is 4.79 Å². The quantitative estimate of drug-likeness (QED) is 0.848. The average Bonchev–Trinajstić information content (AvgIpc) is 2.98. The van der Waals surface area contributed by atoms with Crippen molar-refractivity contribution in [3.8, 4) is 0 Å². The van der Waals surface area contributed by atoms with Crippen LogP contribution in [0.5, 0.6) is 0 Å². The highest BCUT2D eigenvalue weighted by Crippen LogP contribution is 2.25. The Morgan fingerprint density at radius 3 is 2.90 bits per heavy atom. The zero-order valence-electron chi connectivity index (χ0n) is 13.6. The molecule has 2 aliphatic heterocycles. The number of amides is 2. The summed E-state index contributed by atoms with van der Waals surface area (Å²) in [6.45, 7) is 9.25. The fourth-order valence-corrected chi connectivity index (χ4v) is 4.24. The Morgan fingerprint density at radius 2 is 2.24 bits per heavy atom. The largest absolute Gasteiger partial charge is 0.378 e. The van der Waals surface area contributed by atoms with E-state index in [1.807, 2.05) is 16.7 Å². The molecule has 5 heteroatoms. The lowest BCUT2D eigenvalue weighted by Crippen LogP contribution is -2.50. The van der Waals surface area contributed by atoms with Crippen LogP contribution in [0.3, 0.4) is 0 Å². The molecule has 2 amide bonds. The Morgan fingerprint density at radius 1 is 1.43 bits per heavy atom. The van der Waals surface area contributed by atoms with Gasteiger partial charge < -0.3 is 15.0 Å². The number of hydrogen-bond acceptors (Lipinski definition) is 3. The maximum Gasteiger partial charge on any atom is 0.317 e. The van der Waals surface area contributed by atoms with Crippen LogP contribution in [0.1, 0.15) is 46.5 Å². The summed E-state index contributed by atoms with van der Waals surface area (Å²) >= 11 is 2.00. The maximum absolute atomic E-state index is 12.3. The minimum atomic E-state index is 0.112. The molecule has 0 aliphatic carbocycles. The molecule has 3 unspecified atom stereocenters. The highest BCUT2D eigenvalue weighted by Gasteiger charge is 2.26. The summed E-state index contributed by atoms with van der Waals surface area (Å²) < 4.78 is 5.64. The van der Waals surface area contributed by atoms with E-state index in [0.717, 1.165) is 38.3 Å². The van der Waals surface area contributed by atoms with Gasteiger partial charge in [0.05, 0.1) is 6.10 Å². The smallest absolute Gasteiger partial charge is 0.317 e. The van der Waals surface area contributed by atoms with Crippen molar-refractivity contribution in [2.75, 3.05) is 25.4 Å². The molecule has 0 saturated carbocycles. The zero-order valence-corrected chi connectivity index (χ0v) is 14.5. The van der Waals surface area contributed by atoms with Crippen LogP contribution < -0.4 is 5.32 Å². The summed E-state index contributed by atoms with van der Waals surface area (Å²) in [5, 5.41) is 3.73. The van der Waals surface area contributed by atoms with Crippen molar-refractivity contribution in [1.82, 2.24) is 10.2 Å². The van der Waals surface area contributed by atoms with Crippen molar-refractivity contribution in [2.24, 2.45) is 5.92 Å². The monoisotopic (exact) mass is 314 g/mol. The molecule has 3 atom stereocenters. The fourth-order valence-electron chi connectivity index (χ4n) is 2.95. The van der Waals surface area contributed by atoms with E-state index in [1.54, 1.807) is 0 Å². The Labute approximate surface area is 133 Å². The van der Waals surface area contributed by atoms with Crippen LogP contribution >= 0.6 is 11.8 Å². The van der Waals surface area contributed by atoms with Crippen LogP contribution in [0.2, 0.25) is 0 Å². The molecule has 0 aromatic heterocycles. The third-order valence-electron chi connectivity index (χ3n) is 4.44. The molecule has 4 nitrogen and oxygen atoms in total. The van der Waals surface area contributed by atoms with Gasteiger partial charge in [-0.2, -0.15) is 11.8 Å². The lowest BCUT2D eigenvalue weighted by atomic mass is 10.1. The first kappa shape index (κ1) is 16.9. The van der Waals surface area contributed by atoms with E-state index in [0.29, 0.717) is 17.3 Å². The Kier molecular flexibility index (Phi) is 6.68. The van der Waals surface area contributed by atoms with Gasteiger partial charge >= 0.3 is 6.03 Å². The first-order valence-corrected chi connectivity index (χ1v) is 9.39. The molecule has 122 valence electrons. The summed E-state index contributed by atoms with van der Waals surface area (Å²) in [5.41, 5.74) is 0. The number of nitrogens with zero attached hydrogens (tertiary/aromatic N) is 1. The predicted octanol–water partition coefficient (Wildman–Crippen LogP) is 3.12. The molecule has 0 aromatic rings. The van der Waals surface area contributed by atoms with Crippen LogP contribution in [0.4, 0.5) is 4.79 Å². The van der Waals surface area contributed by atoms with Crippen molar-refractivity contribution in [3.63, 3.8) is 0 Å². The molecular weight excluding hydrogens is 284 g/mol. The lowest BCUT2D eigenvalue weighted by molar-refractivity contribution is 0.0999. The van der Waals surface area contributed by atoms with Gasteiger partial charge in [-0.3, -0.25) is 0 Å². The van der Waals surface area contributed by atoms with Gasteiger partial charge in [0.1, 0.15) is 0 Å². The van der Waals surface area contributed by atoms with E-state index in [1.165, 1.54) is 12.8 Å². The highest BCUT2D eigenvalue weighted by atomic mass is 32.2. The zero-order chi connectivity index (χ0) is 15.2. The number of hydrogen-bond donors (Lipinski definition) is 1. The van der Waals surface area contributed by atoms with Gasteiger partial charge in [-0.1, -0.05) is 13.8 Å². The second-order valence-electron chi connectivity index (χ2n) is 6.66. The normalized spacial score (nSPS) is 27.9. The molecule has 1 N–H and O–H groups in total. The second kappa shape index (κ2) is 8.28. The maximum atomic E-state index is 12.3. The molecule has 2 fully saturated rings. The molecule has 0 bridgehead atoms. The number of nitrogens with one attached hydrogen (secondary N) is 1. The third-order valence-corrected chi connectivity index (χ3v) is 5.98. The van der Waals surface area contributed by atoms with E-state index in [2.05, 4.69) is 26.1 Å². The summed E-state index contributed by atoms with van der Waals surface area (Å²) in [5.74, 6) is 1.68. The molecule has 0 spiro atoms. The molecular formula is C16H30N2O2S. The Bertz CT molecular complexity index is 332. The molecule has 21 heavy (non-hydrogen) atoms. The fraction of sp³-hybridized carbons (Fsp3) is 0.938. The number of urea groups is 1. The van der Waals surface area contributed by atoms with Crippen molar-refractivity contribution in [1.29, 1.82) is 0 Å². The van der Waals surface area contributed by atoms with Gasteiger partial charge in [-0.15, -0.1) is 0 Å². The SMILES string of the molecule is CC(CCC1CCCO1)NC(=O)N1CCSC(C(C)C)C1. The van der Waals surface area contributed by atoms with Crippen LogP contribution in [-0.2, 0) is 4.74 Å². The standard InChI is InChI=1S/C16H30N2O2S/c1-12(2)15-11-18(8-10-21-15)16(19)17-13(3)6-7-14-5-4-9-20-14/h12-15H,4-11H2,1-3H3,(H,17,19). The number of carbonyl (C=O) groups excluding carboxylic acids is 1. The summed E-state index contributed by atoms with van der Waals surface area (Å²) in [7, 11) is 0. The first-order chi connectivity index (χ1) is 10.1. The molecule has 0 aromatic carbocycles. The number of thioether (sulfide) groups is 1. The lowest BCUT2D eigenvalue weighted by Gasteiger charge is -2.35. The van der Waals surface area contributed by atoms with Gasteiger partial charge in [0, 0.05) is 36.7 Å². The predicted molar refractivity (Wildman–Crippen MR) is 88.9 cm³/mol. The topological polar surface area (TPSA) is 41.6 Å². The van der Waals surface area contributed by atoms with Crippen molar-refractivity contribution in [2.45, 2.75) is 63.9 Å². The van der Waals surface area contributed by atoms with Crippen LogP contribution in [0.15, 0.2) is 0 Å². The third kappa shape index (κ3) is 5.37. The van der Waals surface area contributed by atoms with Gasteiger partial charge in [0.2, 0.25) is 0 Å². The van der Waals surface area contributed by atoms with Gasteiger partial charge in [0.25, 0.3) is 0 Å². The van der Waals surface area contributed by atoms with Gasteiger partial charge in [0.15, 0.2) is 0 Å². The summed E-state index contributed by atoms with van der Waals surface area (Å²) in [4.78, 5) is 14.3. The number of ether oxygens (including phenoxy) is 1. The molecule has 2 aliphatic rings. The molecule has 2 heterocycles. The van der Waals surface area contributed by atoms with Crippen molar-refractivity contribution >= 4 is 17.8 Å². The van der Waals surface area contributed by atoms with E-state index in [4.69, 9.17) is 4.74 Å². The van der Waals surface area contributed by atoms with Crippen molar-refractivity contribution in [3.05, 3.63) is 0 Å². The minimum absolute atomic E-state index is 0.112. The number of carbonyl (C=O) groups is 1. The minimum Gasteiger partial charge on any atom is -0.378 e. The van der Waals surface area contributed by atoms with Crippen LogP contribution in [-0.4, -0.2) is 53.8 Å². The van der Waals surface area contributed by atoms with Crippen molar-refractivity contribution < 1.29 is 9.53 Å². The highest BCUT2D eigenvalue weighted by molar-refractivity contribution is 8.00. The number of rotatable bonds is 5. The van der Waals surface area contributed by atoms with Gasteiger partial charge in [-0.25, -0.2) is 4.79 Å². The van der Waals surface area contributed by atoms with E-state index in [-0.39, 0.29) is 12.1 Å². The Balaban J connectivity index is 1.69.